The first-order chi connectivity index (χ1) is 8.20. The molecule has 2 rings (SSSR count). The van der Waals surface area contributed by atoms with E-state index in [2.05, 4.69) is 0 Å². The molecule has 0 radical (unpaired) electrons. The van der Waals surface area contributed by atoms with Crippen molar-refractivity contribution in [2.24, 2.45) is 0 Å². The van der Waals surface area contributed by atoms with E-state index in [4.69, 9.17) is 5.11 Å². The fourth-order valence-electron chi connectivity index (χ4n) is 1.41. The smallest absolute Gasteiger partial charge is 0.137 e. The van der Waals surface area contributed by atoms with Crippen LogP contribution >= 0.6 is 11.8 Å². The number of rotatable bonds is 3. The summed E-state index contributed by atoms with van der Waals surface area (Å²) < 4.78 is 26.3. The van der Waals surface area contributed by atoms with Crippen LogP contribution in [0.4, 0.5) is 8.78 Å². The van der Waals surface area contributed by atoms with E-state index in [1.165, 1.54) is 30.0 Å². The van der Waals surface area contributed by atoms with Crippen molar-refractivity contribution < 1.29 is 13.9 Å². The fraction of sp³-hybridized carbons (Fsp3) is 0.0769. The maximum Gasteiger partial charge on any atom is 0.137 e. The van der Waals surface area contributed by atoms with Crippen LogP contribution in [-0.4, -0.2) is 5.11 Å². The molecule has 1 N–H and O–H groups in total. The van der Waals surface area contributed by atoms with Crippen LogP contribution < -0.4 is 0 Å². The van der Waals surface area contributed by atoms with Gasteiger partial charge in [0.2, 0.25) is 0 Å². The first kappa shape index (κ1) is 12.1. The molecule has 0 amide bonds. The molecule has 88 valence electrons. The van der Waals surface area contributed by atoms with Gasteiger partial charge in [-0.15, -0.1) is 0 Å². The van der Waals surface area contributed by atoms with Gasteiger partial charge in [-0.2, -0.15) is 0 Å². The van der Waals surface area contributed by atoms with Crippen molar-refractivity contribution in [1.82, 2.24) is 0 Å². The third-order valence-corrected chi connectivity index (χ3v) is 3.42. The molecule has 0 fully saturated rings. The van der Waals surface area contributed by atoms with Gasteiger partial charge >= 0.3 is 0 Å². The van der Waals surface area contributed by atoms with Crippen molar-refractivity contribution in [1.29, 1.82) is 0 Å². The second-order valence-electron chi connectivity index (χ2n) is 3.44. The van der Waals surface area contributed by atoms with Crippen LogP contribution in [0.25, 0.3) is 0 Å². The average Bonchev–Trinajstić information content (AvgIpc) is 2.34. The molecular formula is C13H10F2OS. The maximum absolute atomic E-state index is 13.6. The molecule has 0 aliphatic rings. The molecule has 0 bridgehead atoms. The molecule has 1 nitrogen and oxygen atoms in total. The Morgan fingerprint density at radius 2 is 1.71 bits per heavy atom. The van der Waals surface area contributed by atoms with Crippen LogP contribution in [0, 0.1) is 11.6 Å². The van der Waals surface area contributed by atoms with Crippen molar-refractivity contribution >= 4 is 11.8 Å². The van der Waals surface area contributed by atoms with Crippen molar-refractivity contribution in [2.75, 3.05) is 0 Å². The van der Waals surface area contributed by atoms with Crippen molar-refractivity contribution in [3.05, 3.63) is 59.7 Å². The topological polar surface area (TPSA) is 20.2 Å². The van der Waals surface area contributed by atoms with E-state index in [1.807, 2.05) is 0 Å². The van der Waals surface area contributed by atoms with Gasteiger partial charge in [-0.1, -0.05) is 23.9 Å². The van der Waals surface area contributed by atoms with Gasteiger partial charge in [0.1, 0.15) is 11.6 Å². The molecule has 0 aliphatic carbocycles. The molecule has 2 aromatic carbocycles. The summed E-state index contributed by atoms with van der Waals surface area (Å²) in [6, 6.07) is 10.3. The van der Waals surface area contributed by atoms with Crippen molar-refractivity contribution in [2.45, 2.75) is 16.4 Å². The Morgan fingerprint density at radius 3 is 2.35 bits per heavy atom. The predicted octanol–water partition coefficient (Wildman–Crippen LogP) is 3.61. The Morgan fingerprint density at radius 1 is 1.00 bits per heavy atom. The highest BCUT2D eigenvalue weighted by atomic mass is 32.2. The van der Waals surface area contributed by atoms with E-state index < -0.39 is 0 Å². The van der Waals surface area contributed by atoms with Gasteiger partial charge in [-0.25, -0.2) is 8.78 Å². The summed E-state index contributed by atoms with van der Waals surface area (Å²) in [4.78, 5) is 1.10. The molecule has 0 saturated heterocycles. The van der Waals surface area contributed by atoms with Crippen molar-refractivity contribution in [3.63, 3.8) is 0 Å². The van der Waals surface area contributed by atoms with Crippen LogP contribution in [0.3, 0.4) is 0 Å². The van der Waals surface area contributed by atoms with E-state index in [-0.39, 0.29) is 18.2 Å². The third kappa shape index (κ3) is 2.84. The Bertz CT molecular complexity index is 511. The summed E-state index contributed by atoms with van der Waals surface area (Å²) in [5, 5.41) is 9.13. The Kier molecular flexibility index (Phi) is 3.76. The summed E-state index contributed by atoms with van der Waals surface area (Å²) in [6.07, 6.45) is 0. The molecule has 0 spiro atoms. The highest BCUT2D eigenvalue weighted by Crippen LogP contribution is 2.32. The minimum absolute atomic E-state index is 0.221. The quantitative estimate of drug-likeness (QED) is 0.900. The third-order valence-electron chi connectivity index (χ3n) is 2.25. The van der Waals surface area contributed by atoms with Crippen LogP contribution in [0.15, 0.2) is 52.3 Å². The maximum atomic E-state index is 13.6. The van der Waals surface area contributed by atoms with E-state index in [0.29, 0.717) is 10.5 Å². The van der Waals surface area contributed by atoms with Gasteiger partial charge in [-0.05, 0) is 35.9 Å². The molecule has 0 atom stereocenters. The monoisotopic (exact) mass is 252 g/mol. The zero-order valence-corrected chi connectivity index (χ0v) is 9.68. The number of hydrogen-bond acceptors (Lipinski definition) is 2. The second kappa shape index (κ2) is 5.29. The molecule has 0 saturated carbocycles. The minimum atomic E-state index is -0.383. The number of aliphatic hydroxyl groups excluding tert-OH is 1. The average molecular weight is 252 g/mol. The lowest BCUT2D eigenvalue weighted by Crippen LogP contribution is -1.91. The lowest BCUT2D eigenvalue weighted by atomic mass is 10.2. The SMILES string of the molecule is OCc1cccc(F)c1Sc1ccc(F)cc1. The molecule has 2 aromatic rings. The van der Waals surface area contributed by atoms with E-state index in [9.17, 15) is 8.78 Å². The number of benzene rings is 2. The normalized spacial score (nSPS) is 10.5. The fourth-order valence-corrected chi connectivity index (χ4v) is 2.35. The van der Waals surface area contributed by atoms with Gasteiger partial charge < -0.3 is 5.11 Å². The van der Waals surface area contributed by atoms with Gasteiger partial charge in [0.15, 0.2) is 0 Å². The van der Waals surface area contributed by atoms with Crippen molar-refractivity contribution in [3.8, 4) is 0 Å². The highest BCUT2D eigenvalue weighted by Gasteiger charge is 2.09. The summed E-state index contributed by atoms with van der Waals surface area (Å²) >= 11 is 1.17. The predicted molar refractivity (Wildman–Crippen MR) is 62.8 cm³/mol. The van der Waals surface area contributed by atoms with Gasteiger partial charge in [-0.3, -0.25) is 0 Å². The standard InChI is InChI=1S/C13H10F2OS/c14-10-4-6-11(7-5-10)17-13-9(8-16)2-1-3-12(13)15/h1-7,16H,8H2. The second-order valence-corrected chi connectivity index (χ2v) is 4.53. The molecule has 0 unspecified atom stereocenters. The van der Waals surface area contributed by atoms with Gasteiger partial charge in [0.05, 0.1) is 11.5 Å². The summed E-state index contributed by atoms with van der Waals surface area (Å²) in [6.45, 7) is -0.221. The van der Waals surface area contributed by atoms with Crippen LogP contribution in [0.2, 0.25) is 0 Å². The van der Waals surface area contributed by atoms with Crippen LogP contribution in [0.1, 0.15) is 5.56 Å². The number of halogens is 2. The highest BCUT2D eigenvalue weighted by molar-refractivity contribution is 7.99. The number of hydrogen-bond donors (Lipinski definition) is 1. The zero-order valence-electron chi connectivity index (χ0n) is 8.86. The molecule has 17 heavy (non-hydrogen) atoms. The largest absolute Gasteiger partial charge is 0.392 e. The first-order valence-corrected chi connectivity index (χ1v) is 5.84. The lowest BCUT2D eigenvalue weighted by Gasteiger charge is -2.08. The molecule has 0 aromatic heterocycles. The van der Waals surface area contributed by atoms with Gasteiger partial charge in [0, 0.05) is 4.90 Å². The van der Waals surface area contributed by atoms with E-state index in [1.54, 1.807) is 24.3 Å². The Hall–Kier alpha value is -1.39. The van der Waals surface area contributed by atoms with E-state index >= 15 is 0 Å². The van der Waals surface area contributed by atoms with E-state index in [0.717, 1.165) is 4.90 Å². The molecular weight excluding hydrogens is 242 g/mol. The first-order valence-electron chi connectivity index (χ1n) is 5.02. The summed E-state index contributed by atoms with van der Waals surface area (Å²) in [5.41, 5.74) is 0.527. The van der Waals surface area contributed by atoms with Crippen LogP contribution in [0.5, 0.6) is 0 Å². The lowest BCUT2D eigenvalue weighted by molar-refractivity contribution is 0.277. The Balaban J connectivity index is 2.32. The minimum Gasteiger partial charge on any atom is -0.392 e. The molecule has 0 heterocycles. The summed E-state index contributed by atoms with van der Waals surface area (Å²) in [7, 11) is 0. The summed E-state index contributed by atoms with van der Waals surface area (Å²) in [5.74, 6) is -0.712. The Labute approximate surface area is 102 Å². The van der Waals surface area contributed by atoms with Gasteiger partial charge in [0.25, 0.3) is 0 Å². The number of aliphatic hydroxyl groups is 1. The molecule has 0 aliphatic heterocycles. The zero-order chi connectivity index (χ0) is 12.3. The van der Waals surface area contributed by atoms with Crippen LogP contribution in [-0.2, 0) is 6.61 Å². The molecule has 4 heteroatoms.